The van der Waals surface area contributed by atoms with Gasteiger partial charge in [-0.25, -0.2) is 9.78 Å². The van der Waals surface area contributed by atoms with E-state index >= 15 is 0 Å². The number of hydrogen-bond acceptors (Lipinski definition) is 8. The van der Waals surface area contributed by atoms with Crippen molar-refractivity contribution in [2.75, 3.05) is 26.7 Å². The van der Waals surface area contributed by atoms with Gasteiger partial charge >= 0.3 is 5.97 Å². The van der Waals surface area contributed by atoms with E-state index in [1.165, 1.54) is 11.3 Å². The van der Waals surface area contributed by atoms with Crippen LogP contribution in [0.2, 0.25) is 18.1 Å². The SMILES string of the molecule is CCOC(=O)c1csc([C@@H](C[C@H](C(C)C)N(C)C(=O)[C@@H](CC(=O)C(C)(C)N2CCCC2)[C@@H](C)CC)O[Si](CC)(CC)CC)n1. The molecule has 8 nitrogen and oxygen atoms in total. The Hall–Kier alpha value is -1.62. The van der Waals surface area contributed by atoms with Gasteiger partial charge in [0.1, 0.15) is 5.01 Å². The summed E-state index contributed by atoms with van der Waals surface area (Å²) in [5.41, 5.74) is -0.272. The Bertz CT molecular complexity index is 1060. The molecule has 0 radical (unpaired) electrons. The molecule has 44 heavy (non-hydrogen) atoms. The van der Waals surface area contributed by atoms with E-state index in [1.807, 2.05) is 25.8 Å². The molecule has 0 N–H and O–H groups in total. The van der Waals surface area contributed by atoms with E-state index in [9.17, 15) is 14.4 Å². The van der Waals surface area contributed by atoms with E-state index < -0.39 is 19.8 Å². The van der Waals surface area contributed by atoms with Crippen molar-refractivity contribution in [3.63, 3.8) is 0 Å². The van der Waals surface area contributed by atoms with Gasteiger partial charge in [-0.3, -0.25) is 14.5 Å². The van der Waals surface area contributed by atoms with Crippen LogP contribution >= 0.6 is 11.3 Å². The highest BCUT2D eigenvalue weighted by molar-refractivity contribution is 7.09. The van der Waals surface area contributed by atoms with Crippen LogP contribution in [0.5, 0.6) is 0 Å². The second-order valence-corrected chi connectivity index (χ2v) is 19.1. The fourth-order valence-electron chi connectivity index (χ4n) is 6.48. The average Bonchev–Trinajstić information content (AvgIpc) is 3.73. The minimum Gasteiger partial charge on any atom is -0.461 e. The monoisotopic (exact) mass is 651 g/mol. The molecule has 1 fully saturated rings. The summed E-state index contributed by atoms with van der Waals surface area (Å²) in [5.74, 6) is -0.411. The molecule has 1 aliphatic heterocycles. The number of rotatable bonds is 19. The molecule has 0 aromatic carbocycles. The number of carbonyl (C=O) groups is 3. The van der Waals surface area contributed by atoms with Crippen molar-refractivity contribution in [2.24, 2.45) is 17.8 Å². The molecular formula is C34H61N3O5SSi. The maximum absolute atomic E-state index is 14.4. The predicted molar refractivity (Wildman–Crippen MR) is 183 cm³/mol. The van der Waals surface area contributed by atoms with Gasteiger partial charge in [0.15, 0.2) is 19.8 Å². The van der Waals surface area contributed by atoms with E-state index in [0.717, 1.165) is 55.5 Å². The van der Waals surface area contributed by atoms with Gasteiger partial charge in [-0.15, -0.1) is 11.3 Å². The Balaban J connectivity index is 2.41. The third-order valence-electron chi connectivity index (χ3n) is 10.3. The first-order valence-corrected chi connectivity index (χ1v) is 20.5. The van der Waals surface area contributed by atoms with Crippen LogP contribution in [-0.4, -0.2) is 79.1 Å². The molecule has 0 unspecified atom stereocenters. The number of esters is 1. The molecule has 1 aliphatic rings. The Kier molecular flexibility index (Phi) is 15.2. The average molecular weight is 652 g/mol. The number of amides is 1. The molecule has 0 aliphatic carbocycles. The lowest BCUT2D eigenvalue weighted by Gasteiger charge is -2.40. The van der Waals surface area contributed by atoms with Crippen LogP contribution in [-0.2, 0) is 18.8 Å². The fourth-order valence-corrected chi connectivity index (χ4v) is 10.2. The third-order valence-corrected chi connectivity index (χ3v) is 15.9. The number of Topliss-reactive ketones (excluding diaryl/α,β-unsaturated/α-hetero) is 1. The summed E-state index contributed by atoms with van der Waals surface area (Å²) in [6, 6.07) is 2.82. The van der Waals surface area contributed by atoms with Crippen LogP contribution in [0.25, 0.3) is 0 Å². The highest BCUT2D eigenvalue weighted by Gasteiger charge is 2.42. The molecular weight excluding hydrogens is 591 g/mol. The van der Waals surface area contributed by atoms with Gasteiger partial charge in [-0.05, 0) is 83.1 Å². The Morgan fingerprint density at radius 2 is 1.64 bits per heavy atom. The van der Waals surface area contributed by atoms with Crippen molar-refractivity contribution in [3.05, 3.63) is 16.1 Å². The summed E-state index contributed by atoms with van der Waals surface area (Å²) in [7, 11) is -0.169. The summed E-state index contributed by atoms with van der Waals surface area (Å²) in [5, 5.41) is 2.51. The first kappa shape index (κ1) is 38.6. The summed E-state index contributed by atoms with van der Waals surface area (Å²) >= 11 is 1.43. The minimum atomic E-state index is -2.06. The second-order valence-electron chi connectivity index (χ2n) is 13.5. The molecule has 1 saturated heterocycles. The van der Waals surface area contributed by atoms with E-state index in [0.29, 0.717) is 18.7 Å². The van der Waals surface area contributed by atoms with Crippen molar-refractivity contribution >= 4 is 37.3 Å². The second kappa shape index (κ2) is 17.3. The van der Waals surface area contributed by atoms with Gasteiger partial charge in [0.25, 0.3) is 0 Å². The number of nitrogens with zero attached hydrogens (tertiary/aromatic N) is 3. The Labute approximate surface area is 272 Å². The minimum absolute atomic E-state index is 0.0266. The summed E-state index contributed by atoms with van der Waals surface area (Å²) in [6.45, 7) is 23.1. The van der Waals surface area contributed by atoms with Crippen molar-refractivity contribution in [2.45, 2.75) is 137 Å². The number of likely N-dealkylation sites (tertiary alicyclic amines) is 1. The molecule has 0 bridgehead atoms. The predicted octanol–water partition coefficient (Wildman–Crippen LogP) is 7.75. The van der Waals surface area contributed by atoms with Gasteiger partial charge in [0.05, 0.1) is 18.2 Å². The largest absolute Gasteiger partial charge is 0.461 e. The summed E-state index contributed by atoms with van der Waals surface area (Å²) in [4.78, 5) is 49.5. The Morgan fingerprint density at radius 3 is 2.14 bits per heavy atom. The highest BCUT2D eigenvalue weighted by atomic mass is 32.1. The number of aromatic nitrogens is 1. The maximum atomic E-state index is 14.4. The molecule has 0 spiro atoms. The zero-order valence-corrected chi connectivity index (χ0v) is 31.3. The standard InChI is InChI=1S/C34H61N3O5SSi/c1-12-25(8)26(21-30(38)34(9,10)37-19-17-18-20-37)32(39)36(11)28(24(6)7)22-29(42-44(14-3,15-4)16-5)31-35-27(23-43-31)33(40)41-13-2/h23-26,28-29H,12-22H2,1-11H3/t25-,26-,28+,29+/m0/s1. The summed E-state index contributed by atoms with van der Waals surface area (Å²) < 4.78 is 12.3. The number of thiazole rings is 1. The van der Waals surface area contributed by atoms with E-state index in [4.69, 9.17) is 14.1 Å². The number of ketones is 1. The van der Waals surface area contributed by atoms with Crippen LogP contribution in [0.4, 0.5) is 0 Å². The van der Waals surface area contributed by atoms with E-state index in [1.54, 1.807) is 12.3 Å². The first-order chi connectivity index (χ1) is 20.7. The van der Waals surface area contributed by atoms with Crippen LogP contribution in [0.3, 0.4) is 0 Å². The number of ether oxygens (including phenoxy) is 1. The van der Waals surface area contributed by atoms with Crippen molar-refractivity contribution in [3.8, 4) is 0 Å². The van der Waals surface area contributed by atoms with Gasteiger partial charge in [-0.1, -0.05) is 54.9 Å². The zero-order chi connectivity index (χ0) is 33.2. The topological polar surface area (TPSA) is 89.0 Å². The molecule has 2 heterocycles. The quantitative estimate of drug-likeness (QED) is 0.112. The first-order valence-electron chi connectivity index (χ1n) is 17.1. The normalized spacial score (nSPS) is 17.4. The van der Waals surface area contributed by atoms with E-state index in [2.05, 4.69) is 53.4 Å². The molecule has 0 saturated carbocycles. The van der Waals surface area contributed by atoms with Crippen LogP contribution in [0.15, 0.2) is 5.38 Å². The zero-order valence-electron chi connectivity index (χ0n) is 29.5. The van der Waals surface area contributed by atoms with Crippen LogP contribution < -0.4 is 0 Å². The van der Waals surface area contributed by atoms with Crippen LogP contribution in [0.1, 0.15) is 123 Å². The van der Waals surface area contributed by atoms with Crippen LogP contribution in [0, 0.1) is 17.8 Å². The molecule has 1 aromatic rings. The maximum Gasteiger partial charge on any atom is 0.357 e. The fraction of sp³-hybridized carbons (Fsp3) is 0.824. The van der Waals surface area contributed by atoms with Gasteiger partial charge in [0, 0.05) is 30.8 Å². The third kappa shape index (κ3) is 9.45. The Morgan fingerprint density at radius 1 is 1.05 bits per heavy atom. The molecule has 1 aromatic heterocycles. The molecule has 2 rings (SSSR count). The van der Waals surface area contributed by atoms with E-state index in [-0.39, 0.29) is 48.0 Å². The van der Waals surface area contributed by atoms with Gasteiger partial charge < -0.3 is 14.1 Å². The van der Waals surface area contributed by atoms with Crippen molar-refractivity contribution < 1.29 is 23.5 Å². The lowest BCUT2D eigenvalue weighted by Crippen LogP contribution is -2.51. The van der Waals surface area contributed by atoms with Crippen molar-refractivity contribution in [1.82, 2.24) is 14.8 Å². The molecule has 252 valence electrons. The lowest BCUT2D eigenvalue weighted by molar-refractivity contribution is -0.144. The smallest absolute Gasteiger partial charge is 0.357 e. The molecule has 10 heteroatoms. The molecule has 1 amide bonds. The molecule has 4 atom stereocenters. The summed E-state index contributed by atoms with van der Waals surface area (Å²) in [6.07, 6.45) is 3.54. The highest BCUT2D eigenvalue weighted by Crippen LogP contribution is 2.37. The van der Waals surface area contributed by atoms with Gasteiger partial charge in [-0.2, -0.15) is 0 Å². The van der Waals surface area contributed by atoms with Gasteiger partial charge in [0.2, 0.25) is 5.91 Å². The lowest BCUT2D eigenvalue weighted by atomic mass is 9.81. The number of carbonyl (C=O) groups excluding carboxylic acids is 3. The number of hydrogen-bond donors (Lipinski definition) is 0. The van der Waals surface area contributed by atoms with Crippen molar-refractivity contribution in [1.29, 1.82) is 0 Å².